The number of hydrogen-bond acceptors (Lipinski definition) is 7. The zero-order chi connectivity index (χ0) is 36.7. The van der Waals surface area contributed by atoms with Crippen molar-refractivity contribution in [3.05, 3.63) is 0 Å². The van der Waals surface area contributed by atoms with Crippen LogP contribution in [-0.2, 0) is 28.7 Å². The van der Waals surface area contributed by atoms with Gasteiger partial charge in [-0.25, -0.2) is 9.59 Å². The molecule has 0 spiro atoms. The number of halogens is 3. The van der Waals surface area contributed by atoms with Crippen molar-refractivity contribution in [2.75, 3.05) is 13.2 Å². The summed E-state index contributed by atoms with van der Waals surface area (Å²) >= 11 is 0. The van der Waals surface area contributed by atoms with Gasteiger partial charge in [-0.3, -0.25) is 19.2 Å². The number of Topliss-reactive ketones (excluding diaryl/α,β-unsaturated/α-hetero) is 1. The molecule has 47 heavy (non-hydrogen) atoms. The molecule has 0 aromatic carbocycles. The fourth-order valence-corrected chi connectivity index (χ4v) is 4.17. The van der Waals surface area contributed by atoms with Gasteiger partial charge in [0.25, 0.3) is 5.91 Å². The van der Waals surface area contributed by atoms with E-state index in [2.05, 4.69) is 50.6 Å². The van der Waals surface area contributed by atoms with Crippen molar-refractivity contribution in [1.82, 2.24) is 20.9 Å². The van der Waals surface area contributed by atoms with Crippen LogP contribution in [-0.4, -0.2) is 83.9 Å². The molecule has 1 saturated heterocycles. The van der Waals surface area contributed by atoms with Crippen LogP contribution in [0.25, 0.3) is 0 Å². The first-order chi connectivity index (χ1) is 21.5. The van der Waals surface area contributed by atoms with Crippen molar-refractivity contribution < 1.29 is 46.7 Å². The van der Waals surface area contributed by atoms with E-state index >= 15 is 0 Å². The van der Waals surface area contributed by atoms with Gasteiger partial charge in [-0.1, -0.05) is 61.8 Å². The summed E-state index contributed by atoms with van der Waals surface area (Å²) in [5.41, 5.74) is 4.08. The second-order valence-corrected chi connectivity index (χ2v) is 13.8. The van der Waals surface area contributed by atoms with Gasteiger partial charge in [0.1, 0.15) is 18.1 Å². The Labute approximate surface area is 276 Å². The fraction of sp³-hybridized carbons (Fsp3) is 0.812. The number of urea groups is 1. The number of rotatable bonds is 12. The van der Waals surface area contributed by atoms with Crippen molar-refractivity contribution >= 4 is 35.5 Å². The fourth-order valence-electron chi connectivity index (χ4n) is 4.17. The smallest absolute Gasteiger partial charge is 0.389 e. The maximum absolute atomic E-state index is 13.6. The van der Waals surface area contributed by atoms with Gasteiger partial charge in [-0.15, -0.1) is 0 Å². The molecular weight excluding hydrogens is 623 g/mol. The SMILES string of the molecule is CC(C)C.CC(NC(=O)NC(C(=O)N1CCC[C@H]1C(=O)NC(CCC(F)(F)F)C(=O)C(N)=O)C(C)(C)C)C(=O)OCC1CC1.CCC. The zero-order valence-electron chi connectivity index (χ0n) is 29.3. The van der Waals surface area contributed by atoms with Gasteiger partial charge in [0, 0.05) is 13.0 Å². The molecule has 0 bridgehead atoms. The number of alkyl halides is 3. The topological polar surface area (TPSA) is 177 Å². The number of likely N-dealkylation sites (tertiary alicyclic amines) is 1. The minimum Gasteiger partial charge on any atom is -0.464 e. The molecule has 2 aliphatic rings. The molecule has 0 aromatic rings. The number of nitrogens with zero attached hydrogens (tertiary/aromatic N) is 1. The lowest BCUT2D eigenvalue weighted by Crippen LogP contribution is -2.60. The third-order valence-corrected chi connectivity index (χ3v) is 6.68. The summed E-state index contributed by atoms with van der Waals surface area (Å²) in [7, 11) is 0. The van der Waals surface area contributed by atoms with Crippen molar-refractivity contribution in [2.45, 2.75) is 138 Å². The Morgan fingerprint density at radius 2 is 1.45 bits per heavy atom. The van der Waals surface area contributed by atoms with Gasteiger partial charge in [0.05, 0.1) is 12.6 Å². The molecule has 272 valence electrons. The molecule has 3 unspecified atom stereocenters. The van der Waals surface area contributed by atoms with E-state index in [4.69, 9.17) is 10.5 Å². The van der Waals surface area contributed by atoms with E-state index < -0.39 is 84.1 Å². The Hall–Kier alpha value is -3.39. The van der Waals surface area contributed by atoms with Crippen molar-refractivity contribution in [3.8, 4) is 0 Å². The normalized spacial score (nSPS) is 17.9. The Kier molecular flexibility index (Phi) is 18.6. The van der Waals surface area contributed by atoms with E-state index in [1.165, 1.54) is 18.2 Å². The lowest BCUT2D eigenvalue weighted by atomic mass is 9.85. The van der Waals surface area contributed by atoms with E-state index in [0.717, 1.165) is 18.8 Å². The van der Waals surface area contributed by atoms with Crippen LogP contribution in [0.3, 0.4) is 0 Å². The van der Waals surface area contributed by atoms with E-state index in [1.807, 2.05) is 0 Å². The zero-order valence-corrected chi connectivity index (χ0v) is 29.3. The number of hydrogen-bond donors (Lipinski definition) is 4. The molecule has 4 atom stereocenters. The van der Waals surface area contributed by atoms with Crippen LogP contribution in [0.1, 0.15) is 107 Å². The monoisotopic (exact) mass is 679 g/mol. The Balaban J connectivity index is 0.00000275. The number of carbonyl (C=O) groups excluding carboxylic acids is 6. The van der Waals surface area contributed by atoms with E-state index in [0.29, 0.717) is 12.3 Å². The second-order valence-electron chi connectivity index (χ2n) is 13.8. The van der Waals surface area contributed by atoms with Gasteiger partial charge in [0.2, 0.25) is 17.6 Å². The molecule has 5 N–H and O–H groups in total. The van der Waals surface area contributed by atoms with Gasteiger partial charge in [-0.05, 0) is 56.3 Å². The molecule has 2 fully saturated rings. The van der Waals surface area contributed by atoms with Crippen LogP contribution >= 0.6 is 0 Å². The minimum atomic E-state index is -4.64. The van der Waals surface area contributed by atoms with Gasteiger partial charge >= 0.3 is 18.2 Å². The van der Waals surface area contributed by atoms with Crippen LogP contribution in [0, 0.1) is 17.3 Å². The molecular formula is C32H56F3N5O7. The Bertz CT molecular complexity index is 1060. The number of ether oxygens (including phenoxy) is 1. The molecule has 12 nitrogen and oxygen atoms in total. The summed E-state index contributed by atoms with van der Waals surface area (Å²) in [6.45, 7) is 17.6. The summed E-state index contributed by atoms with van der Waals surface area (Å²) in [6.07, 6.45) is -3.26. The highest BCUT2D eigenvalue weighted by Crippen LogP contribution is 2.29. The minimum absolute atomic E-state index is 0.105. The Morgan fingerprint density at radius 1 is 0.915 bits per heavy atom. The molecule has 1 heterocycles. The Morgan fingerprint density at radius 3 is 1.89 bits per heavy atom. The molecule has 5 amide bonds. The van der Waals surface area contributed by atoms with Crippen LogP contribution < -0.4 is 21.7 Å². The summed E-state index contributed by atoms with van der Waals surface area (Å²) in [5.74, 6) is -3.89. The average Bonchev–Trinajstić information content (AvgIpc) is 3.63. The van der Waals surface area contributed by atoms with Crippen molar-refractivity contribution in [1.29, 1.82) is 0 Å². The summed E-state index contributed by atoms with van der Waals surface area (Å²) in [5, 5.41) is 7.12. The maximum atomic E-state index is 13.6. The third-order valence-electron chi connectivity index (χ3n) is 6.68. The molecule has 1 aliphatic carbocycles. The van der Waals surface area contributed by atoms with Gasteiger partial charge in [-0.2, -0.15) is 13.2 Å². The lowest BCUT2D eigenvalue weighted by molar-refractivity contribution is -0.146. The average molecular weight is 680 g/mol. The number of ketones is 1. The van der Waals surface area contributed by atoms with Gasteiger partial charge in [0.15, 0.2) is 0 Å². The number of primary amides is 1. The standard InChI is InChI=1S/C25H38F3N5O7.C4H10.C3H8/c1-13(22(38)40-12-14-7-8-14)30-23(39)32-18(24(2,3)4)21(37)33-11-5-6-16(33)20(36)31-15(17(34)19(29)35)9-10-25(26,27)28;1-4(2)3;1-3-2/h13-16,18H,5-12H2,1-4H3,(H2,29,35)(H,31,36)(H2,30,32,39);4H,1-3H3;3H2,1-2H3/t13?,15?,16-,18?;;/m0../s1. The third kappa shape index (κ3) is 17.9. The highest BCUT2D eigenvalue weighted by Gasteiger charge is 2.43. The first-order valence-corrected chi connectivity index (χ1v) is 16.3. The van der Waals surface area contributed by atoms with E-state index in [-0.39, 0.29) is 19.6 Å². The van der Waals surface area contributed by atoms with E-state index in [1.54, 1.807) is 20.8 Å². The number of amides is 5. The highest BCUT2D eigenvalue weighted by molar-refractivity contribution is 6.37. The largest absolute Gasteiger partial charge is 0.464 e. The molecule has 2 rings (SSSR count). The molecule has 15 heteroatoms. The number of esters is 1. The van der Waals surface area contributed by atoms with E-state index in [9.17, 15) is 41.9 Å². The molecule has 0 aromatic heterocycles. The van der Waals surface area contributed by atoms with Crippen LogP contribution in [0.15, 0.2) is 0 Å². The predicted octanol–water partition coefficient (Wildman–Crippen LogP) is 3.99. The second kappa shape index (κ2) is 20.1. The lowest BCUT2D eigenvalue weighted by Gasteiger charge is -2.35. The van der Waals surface area contributed by atoms with Crippen LogP contribution in [0.5, 0.6) is 0 Å². The first kappa shape index (κ1) is 43.6. The first-order valence-electron chi connectivity index (χ1n) is 16.3. The number of nitrogens with two attached hydrogens (primary N) is 1. The van der Waals surface area contributed by atoms with Crippen molar-refractivity contribution in [3.63, 3.8) is 0 Å². The van der Waals surface area contributed by atoms with Crippen LogP contribution in [0.2, 0.25) is 0 Å². The maximum Gasteiger partial charge on any atom is 0.389 e. The summed E-state index contributed by atoms with van der Waals surface area (Å²) in [4.78, 5) is 76.0. The molecule has 1 saturated carbocycles. The van der Waals surface area contributed by atoms with Crippen molar-refractivity contribution in [2.24, 2.45) is 23.0 Å². The summed E-state index contributed by atoms with van der Waals surface area (Å²) < 4.78 is 43.3. The predicted molar refractivity (Wildman–Crippen MR) is 171 cm³/mol. The van der Waals surface area contributed by atoms with Gasteiger partial charge < -0.3 is 31.3 Å². The molecule has 1 aliphatic heterocycles. The summed E-state index contributed by atoms with van der Waals surface area (Å²) in [6, 6.07) is -5.94. The number of nitrogens with one attached hydrogen (secondary N) is 3. The van der Waals surface area contributed by atoms with Crippen LogP contribution in [0.4, 0.5) is 18.0 Å². The highest BCUT2D eigenvalue weighted by atomic mass is 19.4. The quantitative estimate of drug-likeness (QED) is 0.178. The molecule has 0 radical (unpaired) electrons. The number of carbonyl (C=O) groups is 6.